The molecule has 1 aliphatic heterocycles. The Labute approximate surface area is 78.8 Å². The number of guanidine groups is 1. The second-order valence-corrected chi connectivity index (χ2v) is 3.37. The number of hydrogen-bond acceptors (Lipinski definition) is 8. The Morgan fingerprint density at radius 1 is 1.50 bits per heavy atom. The lowest BCUT2D eigenvalue weighted by Crippen LogP contribution is -2.42. The fourth-order valence-electron chi connectivity index (χ4n) is 0.799. The fourth-order valence-corrected chi connectivity index (χ4v) is 1.33. The van der Waals surface area contributed by atoms with Crippen molar-refractivity contribution in [2.75, 3.05) is 5.06 Å². The van der Waals surface area contributed by atoms with Crippen LogP contribution >= 0.6 is 0 Å². The van der Waals surface area contributed by atoms with E-state index in [4.69, 9.17) is 10.2 Å². The van der Waals surface area contributed by atoms with Gasteiger partial charge in [0.25, 0.3) is 5.96 Å². The largest absolute Gasteiger partial charge is 0.491 e. The average molecular weight is 219 g/mol. The lowest BCUT2D eigenvalue weighted by Gasteiger charge is -2.20. The zero-order valence-corrected chi connectivity index (χ0v) is 7.47. The van der Waals surface area contributed by atoms with Crippen LogP contribution in [0.4, 0.5) is 5.88 Å². The first-order valence-corrected chi connectivity index (χ1v) is 4.72. The molecule has 76 valence electrons. The van der Waals surface area contributed by atoms with Crippen LogP contribution in [0.15, 0.2) is 28.0 Å². The van der Waals surface area contributed by atoms with Gasteiger partial charge in [-0.25, -0.2) is 4.28 Å². The van der Waals surface area contributed by atoms with Crippen LogP contribution in [0.25, 0.3) is 0 Å². The van der Waals surface area contributed by atoms with Crippen LogP contribution < -0.4 is 10.8 Å². The molecule has 0 unspecified atom stereocenters. The maximum absolute atomic E-state index is 10.8. The summed E-state index contributed by atoms with van der Waals surface area (Å²) in [6.07, 6.45) is 1.33. The SMILES string of the molecule is NC1=NOS(=O)(=O)ON1c1ccco1. The summed E-state index contributed by atoms with van der Waals surface area (Å²) in [4.78, 5) is 0. The van der Waals surface area contributed by atoms with Gasteiger partial charge >= 0.3 is 10.4 Å². The molecule has 0 aromatic carbocycles. The first kappa shape index (κ1) is 8.84. The van der Waals surface area contributed by atoms with E-state index in [2.05, 4.69) is 13.7 Å². The third kappa shape index (κ3) is 1.49. The summed E-state index contributed by atoms with van der Waals surface area (Å²) >= 11 is 0. The Morgan fingerprint density at radius 2 is 2.29 bits per heavy atom. The van der Waals surface area contributed by atoms with E-state index in [1.807, 2.05) is 0 Å². The molecule has 0 fully saturated rings. The molecular weight excluding hydrogens is 214 g/mol. The summed E-state index contributed by atoms with van der Waals surface area (Å²) in [6, 6.07) is 2.98. The molecule has 14 heavy (non-hydrogen) atoms. The molecular formula is C5H5N3O5S. The molecule has 0 saturated carbocycles. The maximum atomic E-state index is 10.8. The Balaban J connectivity index is 2.37. The number of nitrogens with zero attached hydrogens (tertiary/aromatic N) is 2. The van der Waals surface area contributed by atoms with Gasteiger partial charge < -0.3 is 10.2 Å². The van der Waals surface area contributed by atoms with Gasteiger partial charge in [0.15, 0.2) is 0 Å². The molecule has 9 heteroatoms. The van der Waals surface area contributed by atoms with Crippen LogP contribution in [0.2, 0.25) is 0 Å². The minimum Gasteiger partial charge on any atom is -0.446 e. The van der Waals surface area contributed by atoms with Crippen molar-refractivity contribution in [3.63, 3.8) is 0 Å². The van der Waals surface area contributed by atoms with Gasteiger partial charge in [0.1, 0.15) is 0 Å². The van der Waals surface area contributed by atoms with E-state index in [9.17, 15) is 8.42 Å². The highest BCUT2D eigenvalue weighted by Crippen LogP contribution is 2.19. The summed E-state index contributed by atoms with van der Waals surface area (Å²) in [5.41, 5.74) is 5.29. The van der Waals surface area contributed by atoms with Gasteiger partial charge in [-0.05, 0) is 11.2 Å². The molecule has 0 amide bonds. The number of hydroxylamine groups is 1. The average Bonchev–Trinajstić information content (AvgIpc) is 2.62. The van der Waals surface area contributed by atoms with Gasteiger partial charge in [0.2, 0.25) is 5.88 Å². The maximum Gasteiger partial charge on any atom is 0.491 e. The van der Waals surface area contributed by atoms with Crippen molar-refractivity contribution in [2.24, 2.45) is 10.9 Å². The van der Waals surface area contributed by atoms with Crippen molar-refractivity contribution in [3.05, 3.63) is 18.4 Å². The van der Waals surface area contributed by atoms with Crippen molar-refractivity contribution >= 4 is 22.2 Å². The van der Waals surface area contributed by atoms with Crippen molar-refractivity contribution in [1.29, 1.82) is 0 Å². The summed E-state index contributed by atoms with van der Waals surface area (Å²) in [5, 5.41) is 3.76. The molecule has 0 bridgehead atoms. The highest BCUT2D eigenvalue weighted by atomic mass is 32.3. The van der Waals surface area contributed by atoms with Crippen molar-refractivity contribution in [2.45, 2.75) is 0 Å². The summed E-state index contributed by atoms with van der Waals surface area (Å²) in [5.74, 6) is -0.201. The lowest BCUT2D eigenvalue weighted by atomic mass is 10.6. The van der Waals surface area contributed by atoms with E-state index in [0.717, 1.165) is 0 Å². The number of nitrogens with two attached hydrogens (primary N) is 1. The van der Waals surface area contributed by atoms with Crippen LogP contribution in [0.3, 0.4) is 0 Å². The van der Waals surface area contributed by atoms with E-state index >= 15 is 0 Å². The van der Waals surface area contributed by atoms with Crippen LogP contribution in [0.1, 0.15) is 0 Å². The third-order valence-corrected chi connectivity index (χ3v) is 1.89. The molecule has 8 nitrogen and oxygen atoms in total. The minimum atomic E-state index is -4.19. The number of anilines is 1. The molecule has 2 N–H and O–H groups in total. The molecule has 0 radical (unpaired) electrons. The predicted molar refractivity (Wildman–Crippen MR) is 43.9 cm³/mol. The van der Waals surface area contributed by atoms with Gasteiger partial charge in [-0.2, -0.15) is 8.42 Å². The Hall–Kier alpha value is -1.74. The quantitative estimate of drug-likeness (QED) is 0.679. The van der Waals surface area contributed by atoms with Gasteiger partial charge in [-0.15, -0.1) is 9.35 Å². The van der Waals surface area contributed by atoms with Gasteiger partial charge in [0.05, 0.1) is 6.26 Å². The summed E-state index contributed by atoms with van der Waals surface area (Å²) in [7, 11) is -4.19. The van der Waals surface area contributed by atoms with E-state index in [-0.39, 0.29) is 11.8 Å². The second-order valence-electron chi connectivity index (χ2n) is 2.25. The third-order valence-electron chi connectivity index (χ3n) is 1.30. The molecule has 2 rings (SSSR count). The number of furan rings is 1. The van der Waals surface area contributed by atoms with E-state index in [1.54, 1.807) is 0 Å². The highest BCUT2D eigenvalue weighted by molar-refractivity contribution is 7.82. The smallest absolute Gasteiger partial charge is 0.446 e. The van der Waals surface area contributed by atoms with Crippen molar-refractivity contribution < 1.29 is 21.4 Å². The van der Waals surface area contributed by atoms with Crippen LogP contribution in [-0.2, 0) is 19.0 Å². The van der Waals surface area contributed by atoms with Gasteiger partial charge in [0, 0.05) is 6.07 Å². The second kappa shape index (κ2) is 2.89. The number of hydrogen-bond donors (Lipinski definition) is 1. The zero-order valence-electron chi connectivity index (χ0n) is 6.65. The van der Waals surface area contributed by atoms with Gasteiger partial charge in [-0.3, -0.25) is 0 Å². The molecule has 1 aliphatic rings. The van der Waals surface area contributed by atoms with Crippen LogP contribution in [0.5, 0.6) is 0 Å². The molecule has 0 atom stereocenters. The standard InChI is InChI=1S/C5H5N3O5S/c6-5-7-12-14(9,10)13-8(5)4-2-1-3-11-4/h1-3H,(H2,6,7). The first-order chi connectivity index (χ1) is 6.58. The predicted octanol–water partition coefficient (Wildman–Crippen LogP) is -0.478. The van der Waals surface area contributed by atoms with E-state index in [1.165, 1.54) is 18.4 Å². The Morgan fingerprint density at radius 3 is 2.93 bits per heavy atom. The van der Waals surface area contributed by atoms with Gasteiger partial charge in [-0.1, -0.05) is 0 Å². The van der Waals surface area contributed by atoms with Crippen LogP contribution in [-0.4, -0.2) is 14.4 Å². The first-order valence-electron chi connectivity index (χ1n) is 3.39. The molecule has 1 aromatic rings. The molecule has 0 spiro atoms. The van der Waals surface area contributed by atoms with E-state index < -0.39 is 10.4 Å². The number of rotatable bonds is 1. The monoisotopic (exact) mass is 219 g/mol. The molecule has 0 aliphatic carbocycles. The molecule has 2 heterocycles. The highest BCUT2D eigenvalue weighted by Gasteiger charge is 2.30. The Kier molecular flexibility index (Phi) is 1.82. The summed E-state index contributed by atoms with van der Waals surface area (Å²) in [6.45, 7) is 0. The lowest BCUT2D eigenvalue weighted by molar-refractivity contribution is 0.195. The van der Waals surface area contributed by atoms with Crippen molar-refractivity contribution in [3.8, 4) is 0 Å². The Bertz CT molecular complexity index is 450. The topological polar surface area (TPSA) is 107 Å². The van der Waals surface area contributed by atoms with Crippen LogP contribution in [0, 0.1) is 0 Å². The number of oxime groups is 1. The van der Waals surface area contributed by atoms with Crippen molar-refractivity contribution in [1.82, 2.24) is 0 Å². The normalized spacial score (nSPS) is 20.0. The molecule has 0 saturated heterocycles. The minimum absolute atomic E-state index is 0.0816. The van der Waals surface area contributed by atoms with E-state index in [0.29, 0.717) is 5.06 Å². The zero-order chi connectivity index (χ0) is 10.2. The summed E-state index contributed by atoms with van der Waals surface area (Å²) < 4.78 is 34.8. The molecule has 1 aromatic heterocycles. The fraction of sp³-hybridized carbons (Fsp3) is 0.